The van der Waals surface area contributed by atoms with E-state index in [1.807, 2.05) is 0 Å². The fourth-order valence-electron chi connectivity index (χ4n) is 2.26. The van der Waals surface area contributed by atoms with Gasteiger partial charge in [0, 0.05) is 13.1 Å². The molecule has 4 N–H and O–H groups in total. The Hall–Kier alpha value is -1.47. The van der Waals surface area contributed by atoms with Crippen molar-refractivity contribution >= 4 is 5.91 Å². The van der Waals surface area contributed by atoms with E-state index in [9.17, 15) is 4.79 Å². The molecular formula is C12H22N6O. The Balaban J connectivity index is 1.69. The molecule has 19 heavy (non-hydrogen) atoms. The van der Waals surface area contributed by atoms with Gasteiger partial charge in [-0.3, -0.25) is 9.69 Å². The molecule has 2 heterocycles. The first-order valence-corrected chi connectivity index (χ1v) is 6.67. The summed E-state index contributed by atoms with van der Waals surface area (Å²) < 4.78 is 2.08. The Labute approximate surface area is 113 Å². The van der Waals surface area contributed by atoms with Crippen LogP contribution in [0, 0.1) is 0 Å². The molecule has 2 rings (SSSR count). The van der Waals surface area contributed by atoms with Crippen molar-refractivity contribution in [3.8, 4) is 0 Å². The number of fused-ring (bicyclic) bond motifs is 1. The largest absolute Gasteiger partial charge is 0.368 e. The molecule has 0 aromatic carbocycles. The summed E-state index contributed by atoms with van der Waals surface area (Å²) in [4.78, 5) is 13.4. The lowest BCUT2D eigenvalue weighted by molar-refractivity contribution is -0.122. The Kier molecular flexibility index (Phi) is 4.16. The second kappa shape index (κ2) is 5.66. The molecule has 0 saturated heterocycles. The average Bonchev–Trinajstić information content (AvgIpc) is 2.81. The normalized spacial score (nSPS) is 18.8. The van der Waals surface area contributed by atoms with E-state index >= 15 is 0 Å². The molecule has 1 atom stereocenters. The predicted octanol–water partition coefficient (Wildman–Crippen LogP) is -0.533. The van der Waals surface area contributed by atoms with Gasteiger partial charge in [0.2, 0.25) is 5.91 Å². The second-order valence-corrected chi connectivity index (χ2v) is 5.46. The van der Waals surface area contributed by atoms with Gasteiger partial charge in [0.25, 0.3) is 0 Å². The highest BCUT2D eigenvalue weighted by atomic mass is 16.1. The number of primary amides is 1. The van der Waals surface area contributed by atoms with Crippen molar-refractivity contribution in [3.63, 3.8) is 0 Å². The van der Waals surface area contributed by atoms with E-state index in [-0.39, 0.29) is 0 Å². The lowest BCUT2D eigenvalue weighted by Gasteiger charge is -2.27. The van der Waals surface area contributed by atoms with E-state index in [1.165, 1.54) is 0 Å². The lowest BCUT2D eigenvalue weighted by Crippen LogP contribution is -2.49. The summed E-state index contributed by atoms with van der Waals surface area (Å²) in [6.07, 6.45) is 4.32. The standard InChI is InChI=1S/C12H22N6O/c1-12(14,11(13)19)4-2-3-5-17-6-7-18-9-15-16-10(18)8-17/h9H,2-8,14H2,1H3,(H2,13,19). The zero-order valence-corrected chi connectivity index (χ0v) is 11.4. The van der Waals surface area contributed by atoms with Crippen molar-refractivity contribution in [3.05, 3.63) is 12.2 Å². The lowest BCUT2D eigenvalue weighted by atomic mass is 9.95. The first-order chi connectivity index (χ1) is 8.99. The number of carbonyl (C=O) groups excluding carboxylic acids is 1. The highest BCUT2D eigenvalue weighted by molar-refractivity contribution is 5.83. The molecule has 7 heteroatoms. The zero-order valence-electron chi connectivity index (χ0n) is 11.4. The minimum Gasteiger partial charge on any atom is -0.368 e. The van der Waals surface area contributed by atoms with Crippen LogP contribution in [0.1, 0.15) is 32.0 Å². The summed E-state index contributed by atoms with van der Waals surface area (Å²) >= 11 is 0. The van der Waals surface area contributed by atoms with E-state index < -0.39 is 11.4 Å². The van der Waals surface area contributed by atoms with Crippen LogP contribution in [0.5, 0.6) is 0 Å². The van der Waals surface area contributed by atoms with Gasteiger partial charge in [-0.15, -0.1) is 10.2 Å². The van der Waals surface area contributed by atoms with Crippen molar-refractivity contribution in [1.82, 2.24) is 19.7 Å². The van der Waals surface area contributed by atoms with Crippen LogP contribution in [0.15, 0.2) is 6.33 Å². The molecule has 0 spiro atoms. The van der Waals surface area contributed by atoms with Gasteiger partial charge in [-0.2, -0.15) is 0 Å². The van der Waals surface area contributed by atoms with E-state index in [4.69, 9.17) is 11.5 Å². The number of hydrogen-bond acceptors (Lipinski definition) is 5. The van der Waals surface area contributed by atoms with Crippen molar-refractivity contribution in [2.45, 2.75) is 44.8 Å². The summed E-state index contributed by atoms with van der Waals surface area (Å²) in [5.41, 5.74) is 10.2. The van der Waals surface area contributed by atoms with Crippen molar-refractivity contribution < 1.29 is 4.79 Å². The van der Waals surface area contributed by atoms with Crippen LogP contribution in [0.25, 0.3) is 0 Å². The van der Waals surface area contributed by atoms with Crippen LogP contribution >= 0.6 is 0 Å². The van der Waals surface area contributed by atoms with Crippen LogP contribution in [0.2, 0.25) is 0 Å². The fourth-order valence-corrected chi connectivity index (χ4v) is 2.26. The summed E-state index contributed by atoms with van der Waals surface area (Å²) in [5, 5.41) is 7.99. The van der Waals surface area contributed by atoms with Crippen LogP contribution in [-0.4, -0.2) is 44.2 Å². The highest BCUT2D eigenvalue weighted by Crippen LogP contribution is 2.13. The maximum atomic E-state index is 11.1. The van der Waals surface area contributed by atoms with Crippen LogP contribution < -0.4 is 11.5 Å². The number of hydrogen-bond donors (Lipinski definition) is 2. The maximum Gasteiger partial charge on any atom is 0.237 e. The van der Waals surface area contributed by atoms with Gasteiger partial charge in [0.05, 0.1) is 12.1 Å². The van der Waals surface area contributed by atoms with Gasteiger partial charge in [-0.05, 0) is 32.7 Å². The third-order valence-corrected chi connectivity index (χ3v) is 3.70. The number of aromatic nitrogens is 3. The third-order valence-electron chi connectivity index (χ3n) is 3.70. The molecule has 0 aliphatic carbocycles. The molecule has 0 bridgehead atoms. The monoisotopic (exact) mass is 266 g/mol. The topological polar surface area (TPSA) is 103 Å². The Morgan fingerprint density at radius 3 is 3.00 bits per heavy atom. The highest BCUT2D eigenvalue weighted by Gasteiger charge is 2.25. The third kappa shape index (κ3) is 3.51. The van der Waals surface area contributed by atoms with Crippen molar-refractivity contribution in [1.29, 1.82) is 0 Å². The van der Waals surface area contributed by atoms with Crippen LogP contribution in [0.3, 0.4) is 0 Å². The van der Waals surface area contributed by atoms with Gasteiger partial charge in [0.1, 0.15) is 12.2 Å². The van der Waals surface area contributed by atoms with E-state index in [2.05, 4.69) is 19.7 Å². The van der Waals surface area contributed by atoms with Crippen LogP contribution in [0.4, 0.5) is 0 Å². The Morgan fingerprint density at radius 1 is 1.47 bits per heavy atom. The average molecular weight is 266 g/mol. The quantitative estimate of drug-likeness (QED) is 0.673. The molecule has 1 aromatic heterocycles. The molecule has 0 saturated carbocycles. The SMILES string of the molecule is CC(N)(CCCCN1CCn2cnnc2C1)C(N)=O. The number of nitrogens with zero attached hydrogens (tertiary/aromatic N) is 4. The minimum absolute atomic E-state index is 0.432. The van der Waals surface area contributed by atoms with E-state index in [0.717, 1.165) is 44.8 Å². The molecule has 1 amide bonds. The number of unbranched alkanes of at least 4 members (excludes halogenated alkanes) is 1. The molecule has 0 fully saturated rings. The number of nitrogens with two attached hydrogens (primary N) is 2. The molecule has 1 unspecified atom stereocenters. The molecule has 1 aliphatic heterocycles. The molecular weight excluding hydrogens is 244 g/mol. The molecule has 1 aromatic rings. The van der Waals surface area contributed by atoms with E-state index in [1.54, 1.807) is 13.3 Å². The fraction of sp³-hybridized carbons (Fsp3) is 0.750. The number of amides is 1. The summed E-state index contributed by atoms with van der Waals surface area (Å²) in [6.45, 7) is 5.48. The minimum atomic E-state index is -0.887. The summed E-state index contributed by atoms with van der Waals surface area (Å²) in [6, 6.07) is 0. The van der Waals surface area contributed by atoms with E-state index in [0.29, 0.717) is 6.42 Å². The summed E-state index contributed by atoms with van der Waals surface area (Å²) in [7, 11) is 0. The zero-order chi connectivity index (χ0) is 13.9. The van der Waals surface area contributed by atoms with Gasteiger partial charge >= 0.3 is 0 Å². The second-order valence-electron chi connectivity index (χ2n) is 5.46. The van der Waals surface area contributed by atoms with Gasteiger partial charge < -0.3 is 16.0 Å². The van der Waals surface area contributed by atoms with Crippen molar-refractivity contribution in [2.75, 3.05) is 13.1 Å². The Bertz CT molecular complexity index is 441. The molecule has 0 radical (unpaired) electrons. The number of carbonyl (C=O) groups is 1. The predicted molar refractivity (Wildman–Crippen MR) is 70.9 cm³/mol. The molecule has 1 aliphatic rings. The maximum absolute atomic E-state index is 11.1. The van der Waals surface area contributed by atoms with Crippen molar-refractivity contribution in [2.24, 2.45) is 11.5 Å². The smallest absolute Gasteiger partial charge is 0.237 e. The van der Waals surface area contributed by atoms with Gasteiger partial charge in [0.15, 0.2) is 0 Å². The van der Waals surface area contributed by atoms with Gasteiger partial charge in [-0.1, -0.05) is 0 Å². The first kappa shape index (κ1) is 14.0. The number of rotatable bonds is 6. The molecule has 106 valence electrons. The van der Waals surface area contributed by atoms with Crippen LogP contribution in [-0.2, 0) is 17.9 Å². The molecule has 7 nitrogen and oxygen atoms in total. The summed E-state index contributed by atoms with van der Waals surface area (Å²) in [5.74, 6) is 0.589. The first-order valence-electron chi connectivity index (χ1n) is 6.67. The van der Waals surface area contributed by atoms with Gasteiger partial charge in [-0.25, -0.2) is 0 Å². The Morgan fingerprint density at radius 2 is 2.26 bits per heavy atom.